The number of aryl methyl sites for hydroxylation is 1. The average molecular weight is 283 g/mol. The lowest BCUT2D eigenvalue weighted by Gasteiger charge is -2.14. The minimum absolute atomic E-state index is 0.359. The second kappa shape index (κ2) is 7.24. The van der Waals surface area contributed by atoms with Crippen LogP contribution >= 0.6 is 0 Å². The Bertz CT molecular complexity index is 596. The molecule has 1 amide bonds. The summed E-state index contributed by atoms with van der Waals surface area (Å²) in [4.78, 5) is 23.3. The highest BCUT2D eigenvalue weighted by molar-refractivity contribution is 5.96. The van der Waals surface area contributed by atoms with Crippen LogP contribution in [0.1, 0.15) is 22.3 Å². The Morgan fingerprint density at radius 1 is 0.952 bits per heavy atom. The molecule has 0 bridgehead atoms. The van der Waals surface area contributed by atoms with Crippen LogP contribution in [0, 0.1) is 0 Å². The van der Waals surface area contributed by atoms with Crippen LogP contribution in [0.4, 0.5) is 0 Å². The van der Waals surface area contributed by atoms with Gasteiger partial charge >= 0.3 is 5.97 Å². The van der Waals surface area contributed by atoms with E-state index in [1.54, 1.807) is 30.3 Å². The minimum Gasteiger partial charge on any atom is -0.480 e. The molecule has 4 nitrogen and oxygen atoms in total. The molecule has 0 aliphatic carbocycles. The van der Waals surface area contributed by atoms with Crippen LogP contribution in [-0.2, 0) is 11.2 Å². The molecule has 2 aromatic rings. The number of hydrogen-bond acceptors (Lipinski definition) is 2. The van der Waals surface area contributed by atoms with Crippen LogP contribution < -0.4 is 5.32 Å². The topological polar surface area (TPSA) is 66.4 Å². The quantitative estimate of drug-likeness (QED) is 0.856. The van der Waals surface area contributed by atoms with Crippen molar-refractivity contribution in [3.8, 4) is 0 Å². The van der Waals surface area contributed by atoms with Gasteiger partial charge in [0.2, 0.25) is 0 Å². The summed E-state index contributed by atoms with van der Waals surface area (Å²) in [6.07, 6.45) is 0.963. The molecule has 2 aromatic carbocycles. The average Bonchev–Trinajstić information content (AvgIpc) is 2.52. The van der Waals surface area contributed by atoms with Gasteiger partial charge in [0.05, 0.1) is 0 Å². The van der Waals surface area contributed by atoms with Gasteiger partial charge in [0, 0.05) is 5.56 Å². The number of rotatable bonds is 6. The predicted molar refractivity (Wildman–Crippen MR) is 80.1 cm³/mol. The summed E-state index contributed by atoms with van der Waals surface area (Å²) in [5, 5.41) is 11.8. The standard InChI is InChI=1S/C17H17NO3/c19-16(14-9-5-2-6-10-14)18-15(17(20)21)12-11-13-7-3-1-4-8-13/h1-10,15H,11-12H2,(H,18,19)(H,20,21)/t15-/m1/s1. The summed E-state index contributed by atoms with van der Waals surface area (Å²) >= 11 is 0. The van der Waals surface area contributed by atoms with E-state index < -0.39 is 12.0 Å². The first-order valence-electron chi connectivity index (χ1n) is 6.79. The van der Waals surface area contributed by atoms with Crippen molar-refractivity contribution in [1.82, 2.24) is 5.32 Å². The SMILES string of the molecule is O=C(N[C@H](CCc1ccccc1)C(=O)O)c1ccccc1. The minimum atomic E-state index is -1.02. The van der Waals surface area contributed by atoms with Gasteiger partial charge in [-0.2, -0.15) is 0 Å². The molecular formula is C17H17NO3. The lowest BCUT2D eigenvalue weighted by Crippen LogP contribution is -2.41. The molecule has 1 atom stereocenters. The van der Waals surface area contributed by atoms with Gasteiger partial charge in [-0.15, -0.1) is 0 Å². The molecule has 108 valence electrons. The van der Waals surface area contributed by atoms with Crippen molar-refractivity contribution in [2.75, 3.05) is 0 Å². The molecule has 0 saturated heterocycles. The third kappa shape index (κ3) is 4.45. The van der Waals surface area contributed by atoms with E-state index in [4.69, 9.17) is 0 Å². The van der Waals surface area contributed by atoms with Crippen molar-refractivity contribution in [1.29, 1.82) is 0 Å². The van der Waals surface area contributed by atoms with E-state index in [0.29, 0.717) is 18.4 Å². The van der Waals surface area contributed by atoms with Crippen LogP contribution in [-0.4, -0.2) is 23.0 Å². The largest absolute Gasteiger partial charge is 0.480 e. The molecule has 0 unspecified atom stereocenters. The molecule has 0 fully saturated rings. The Balaban J connectivity index is 1.96. The molecule has 2 rings (SSSR count). The van der Waals surface area contributed by atoms with Crippen LogP contribution in [0.25, 0.3) is 0 Å². The second-order valence-electron chi connectivity index (χ2n) is 4.75. The molecule has 0 saturated carbocycles. The number of amides is 1. The molecule has 0 spiro atoms. The van der Waals surface area contributed by atoms with Crippen molar-refractivity contribution in [3.63, 3.8) is 0 Å². The number of carbonyl (C=O) groups excluding carboxylic acids is 1. The van der Waals surface area contributed by atoms with E-state index in [0.717, 1.165) is 5.56 Å². The van der Waals surface area contributed by atoms with Gasteiger partial charge in [-0.1, -0.05) is 48.5 Å². The van der Waals surface area contributed by atoms with Gasteiger partial charge in [-0.05, 0) is 30.5 Å². The van der Waals surface area contributed by atoms with E-state index >= 15 is 0 Å². The Kier molecular flexibility index (Phi) is 5.10. The Morgan fingerprint density at radius 2 is 1.52 bits per heavy atom. The van der Waals surface area contributed by atoms with Crippen molar-refractivity contribution in [3.05, 3.63) is 71.8 Å². The van der Waals surface area contributed by atoms with Crippen molar-refractivity contribution < 1.29 is 14.7 Å². The van der Waals surface area contributed by atoms with Crippen LogP contribution in [0.15, 0.2) is 60.7 Å². The highest BCUT2D eigenvalue weighted by Crippen LogP contribution is 2.07. The Hall–Kier alpha value is -2.62. The predicted octanol–water partition coefficient (Wildman–Crippen LogP) is 2.50. The summed E-state index contributed by atoms with van der Waals surface area (Å²) < 4.78 is 0. The molecule has 0 radical (unpaired) electrons. The van der Waals surface area contributed by atoms with Crippen LogP contribution in [0.3, 0.4) is 0 Å². The Labute approximate surface area is 123 Å². The number of carboxylic acid groups (broad SMARTS) is 1. The number of carbonyl (C=O) groups is 2. The first-order chi connectivity index (χ1) is 10.2. The highest BCUT2D eigenvalue weighted by Gasteiger charge is 2.20. The first-order valence-corrected chi connectivity index (χ1v) is 6.79. The molecule has 0 aromatic heterocycles. The van der Waals surface area contributed by atoms with E-state index in [1.165, 1.54) is 0 Å². The number of nitrogens with one attached hydrogen (secondary N) is 1. The first kappa shape index (κ1) is 14.8. The normalized spacial score (nSPS) is 11.6. The zero-order valence-corrected chi connectivity index (χ0v) is 11.5. The van der Waals surface area contributed by atoms with Gasteiger partial charge < -0.3 is 10.4 Å². The van der Waals surface area contributed by atoms with E-state index in [9.17, 15) is 14.7 Å². The fraction of sp³-hybridized carbons (Fsp3) is 0.176. The summed E-state index contributed by atoms with van der Waals surface area (Å²) in [5.41, 5.74) is 1.51. The number of benzene rings is 2. The lowest BCUT2D eigenvalue weighted by molar-refractivity contribution is -0.139. The maximum atomic E-state index is 12.0. The molecular weight excluding hydrogens is 266 g/mol. The maximum absolute atomic E-state index is 12.0. The Morgan fingerprint density at radius 3 is 2.10 bits per heavy atom. The lowest BCUT2D eigenvalue weighted by atomic mass is 10.0. The van der Waals surface area contributed by atoms with E-state index in [2.05, 4.69) is 5.32 Å². The van der Waals surface area contributed by atoms with Gasteiger partial charge in [0.15, 0.2) is 0 Å². The zero-order valence-electron chi connectivity index (χ0n) is 11.5. The van der Waals surface area contributed by atoms with Crippen LogP contribution in [0.2, 0.25) is 0 Å². The third-order valence-corrected chi connectivity index (χ3v) is 3.20. The number of aliphatic carboxylic acids is 1. The molecule has 0 aliphatic rings. The van der Waals surface area contributed by atoms with Gasteiger partial charge in [-0.3, -0.25) is 4.79 Å². The monoisotopic (exact) mass is 283 g/mol. The molecule has 0 aliphatic heterocycles. The zero-order chi connectivity index (χ0) is 15.1. The van der Waals surface area contributed by atoms with Gasteiger partial charge in [-0.25, -0.2) is 4.79 Å². The van der Waals surface area contributed by atoms with Gasteiger partial charge in [0.1, 0.15) is 6.04 Å². The van der Waals surface area contributed by atoms with Crippen molar-refractivity contribution in [2.45, 2.75) is 18.9 Å². The van der Waals surface area contributed by atoms with Gasteiger partial charge in [0.25, 0.3) is 5.91 Å². The smallest absolute Gasteiger partial charge is 0.326 e. The summed E-state index contributed by atoms with van der Waals surface area (Å²) in [6.45, 7) is 0. The van der Waals surface area contributed by atoms with Crippen LogP contribution in [0.5, 0.6) is 0 Å². The molecule has 2 N–H and O–H groups in total. The van der Waals surface area contributed by atoms with E-state index in [1.807, 2.05) is 30.3 Å². The van der Waals surface area contributed by atoms with E-state index in [-0.39, 0.29) is 5.91 Å². The summed E-state index contributed by atoms with van der Waals surface area (Å²) in [5.74, 6) is -1.38. The second-order valence-corrected chi connectivity index (χ2v) is 4.75. The molecule has 0 heterocycles. The number of hydrogen-bond donors (Lipinski definition) is 2. The summed E-state index contributed by atoms with van der Waals surface area (Å²) in [6, 6.07) is 17.3. The van der Waals surface area contributed by atoms with Crippen molar-refractivity contribution in [2.24, 2.45) is 0 Å². The molecule has 21 heavy (non-hydrogen) atoms. The number of carboxylic acids is 1. The summed E-state index contributed by atoms with van der Waals surface area (Å²) in [7, 11) is 0. The fourth-order valence-electron chi connectivity index (χ4n) is 2.04. The highest BCUT2D eigenvalue weighted by atomic mass is 16.4. The molecule has 4 heteroatoms. The maximum Gasteiger partial charge on any atom is 0.326 e. The fourth-order valence-corrected chi connectivity index (χ4v) is 2.04. The third-order valence-electron chi connectivity index (χ3n) is 3.20. The van der Waals surface area contributed by atoms with Crippen molar-refractivity contribution >= 4 is 11.9 Å².